The van der Waals surface area contributed by atoms with Gasteiger partial charge in [0.1, 0.15) is 5.82 Å². The van der Waals surface area contributed by atoms with E-state index in [1.54, 1.807) is 12.1 Å². The lowest BCUT2D eigenvalue weighted by atomic mass is 9.91. The molecule has 0 fully saturated rings. The number of rotatable bonds is 9. The third-order valence-corrected chi connectivity index (χ3v) is 3.62. The molecule has 0 aliphatic heterocycles. The van der Waals surface area contributed by atoms with Crippen LogP contribution in [0.15, 0.2) is 24.3 Å². The van der Waals surface area contributed by atoms with Crippen LogP contribution in [-0.4, -0.2) is 13.1 Å². The lowest BCUT2D eigenvalue weighted by Gasteiger charge is -2.19. The van der Waals surface area contributed by atoms with Crippen LogP contribution in [0.5, 0.6) is 0 Å². The molecule has 0 heterocycles. The molecule has 0 radical (unpaired) electrons. The summed E-state index contributed by atoms with van der Waals surface area (Å²) < 4.78 is 13.1. The van der Waals surface area contributed by atoms with Crippen molar-refractivity contribution in [3.63, 3.8) is 0 Å². The zero-order valence-electron chi connectivity index (χ0n) is 13.5. The fourth-order valence-corrected chi connectivity index (χ4v) is 2.44. The minimum absolute atomic E-state index is 0.148. The summed E-state index contributed by atoms with van der Waals surface area (Å²) in [6.45, 7) is 11.0. The Hall–Kier alpha value is -0.890. The highest BCUT2D eigenvalue weighted by Gasteiger charge is 2.12. The highest BCUT2D eigenvalue weighted by Crippen LogP contribution is 2.23. The Labute approximate surface area is 124 Å². The highest BCUT2D eigenvalue weighted by atomic mass is 19.1. The van der Waals surface area contributed by atoms with E-state index in [9.17, 15) is 4.39 Å². The van der Waals surface area contributed by atoms with E-state index in [1.165, 1.54) is 24.8 Å². The summed E-state index contributed by atoms with van der Waals surface area (Å²) in [6, 6.07) is 7.03. The highest BCUT2D eigenvalue weighted by molar-refractivity contribution is 5.20. The molecular formula is C18H30FN. The van der Waals surface area contributed by atoms with Gasteiger partial charge in [0.15, 0.2) is 0 Å². The van der Waals surface area contributed by atoms with E-state index >= 15 is 0 Å². The second-order valence-electron chi connectivity index (χ2n) is 6.63. The van der Waals surface area contributed by atoms with E-state index in [0.29, 0.717) is 11.8 Å². The number of halogens is 1. The molecule has 0 amide bonds. The Balaban J connectivity index is 2.55. The lowest BCUT2D eigenvalue weighted by molar-refractivity contribution is 0.463. The van der Waals surface area contributed by atoms with Crippen LogP contribution in [0.4, 0.5) is 4.39 Å². The predicted molar refractivity (Wildman–Crippen MR) is 85.5 cm³/mol. The van der Waals surface area contributed by atoms with E-state index in [4.69, 9.17) is 0 Å². The van der Waals surface area contributed by atoms with E-state index in [1.807, 2.05) is 12.1 Å². The van der Waals surface area contributed by atoms with Crippen molar-refractivity contribution in [1.29, 1.82) is 0 Å². The summed E-state index contributed by atoms with van der Waals surface area (Å²) in [5.41, 5.74) is 1.26. The topological polar surface area (TPSA) is 12.0 Å². The third-order valence-electron chi connectivity index (χ3n) is 3.62. The Morgan fingerprint density at radius 2 is 1.55 bits per heavy atom. The molecule has 2 heteroatoms. The molecule has 1 nitrogen and oxygen atoms in total. The molecule has 1 atom stereocenters. The van der Waals surface area contributed by atoms with Gasteiger partial charge in [-0.15, -0.1) is 0 Å². The van der Waals surface area contributed by atoms with Crippen molar-refractivity contribution in [2.75, 3.05) is 13.1 Å². The van der Waals surface area contributed by atoms with Gasteiger partial charge in [-0.1, -0.05) is 52.7 Å². The SMILES string of the molecule is CC(C)CCCC(CNCC(C)C)c1ccc(F)cc1. The van der Waals surface area contributed by atoms with Crippen LogP contribution in [0.25, 0.3) is 0 Å². The summed E-state index contributed by atoms with van der Waals surface area (Å²) in [5, 5.41) is 3.54. The van der Waals surface area contributed by atoms with Crippen molar-refractivity contribution in [3.05, 3.63) is 35.6 Å². The van der Waals surface area contributed by atoms with Crippen molar-refractivity contribution >= 4 is 0 Å². The zero-order valence-corrected chi connectivity index (χ0v) is 13.5. The van der Waals surface area contributed by atoms with E-state index < -0.39 is 0 Å². The minimum Gasteiger partial charge on any atom is -0.316 e. The monoisotopic (exact) mass is 279 g/mol. The summed E-state index contributed by atoms with van der Waals surface area (Å²) in [6.07, 6.45) is 3.68. The van der Waals surface area contributed by atoms with Crippen molar-refractivity contribution in [2.24, 2.45) is 11.8 Å². The fourth-order valence-electron chi connectivity index (χ4n) is 2.44. The second-order valence-corrected chi connectivity index (χ2v) is 6.63. The number of hydrogen-bond acceptors (Lipinski definition) is 1. The van der Waals surface area contributed by atoms with Gasteiger partial charge in [-0.3, -0.25) is 0 Å². The zero-order chi connectivity index (χ0) is 15.0. The van der Waals surface area contributed by atoms with Gasteiger partial charge < -0.3 is 5.32 Å². The molecule has 0 aliphatic carbocycles. The first-order valence-corrected chi connectivity index (χ1v) is 7.95. The Morgan fingerprint density at radius 3 is 2.10 bits per heavy atom. The molecule has 1 rings (SSSR count). The molecule has 0 bridgehead atoms. The summed E-state index contributed by atoms with van der Waals surface area (Å²) in [5.74, 6) is 1.77. The molecule has 0 saturated carbocycles. The summed E-state index contributed by atoms with van der Waals surface area (Å²) in [4.78, 5) is 0. The van der Waals surface area contributed by atoms with Crippen LogP contribution in [0.2, 0.25) is 0 Å². The first kappa shape index (κ1) is 17.2. The minimum atomic E-state index is -0.148. The molecule has 1 N–H and O–H groups in total. The van der Waals surface area contributed by atoms with Crippen LogP contribution in [-0.2, 0) is 0 Å². The van der Waals surface area contributed by atoms with Crippen molar-refractivity contribution in [1.82, 2.24) is 5.32 Å². The molecule has 20 heavy (non-hydrogen) atoms. The average Bonchev–Trinajstić information content (AvgIpc) is 2.37. The molecular weight excluding hydrogens is 249 g/mol. The molecule has 0 aromatic heterocycles. The van der Waals surface area contributed by atoms with Crippen molar-refractivity contribution in [2.45, 2.75) is 52.9 Å². The van der Waals surface area contributed by atoms with Crippen LogP contribution < -0.4 is 5.32 Å². The first-order valence-electron chi connectivity index (χ1n) is 7.95. The van der Waals surface area contributed by atoms with Crippen LogP contribution in [0.1, 0.15) is 58.4 Å². The number of nitrogens with one attached hydrogen (secondary N) is 1. The van der Waals surface area contributed by atoms with Gasteiger partial charge in [-0.2, -0.15) is 0 Å². The number of hydrogen-bond donors (Lipinski definition) is 1. The molecule has 1 aromatic carbocycles. The van der Waals surface area contributed by atoms with Gasteiger partial charge in [0.25, 0.3) is 0 Å². The van der Waals surface area contributed by atoms with Gasteiger partial charge in [0.2, 0.25) is 0 Å². The smallest absolute Gasteiger partial charge is 0.123 e. The fraction of sp³-hybridized carbons (Fsp3) is 0.667. The van der Waals surface area contributed by atoms with Gasteiger partial charge in [-0.25, -0.2) is 4.39 Å². The normalized spacial score (nSPS) is 13.2. The Morgan fingerprint density at radius 1 is 0.900 bits per heavy atom. The van der Waals surface area contributed by atoms with Crippen LogP contribution in [0.3, 0.4) is 0 Å². The standard InChI is InChI=1S/C18H30FN/c1-14(2)6-5-7-17(13-20-12-15(3)4)16-8-10-18(19)11-9-16/h8-11,14-15,17,20H,5-7,12-13H2,1-4H3. The maximum atomic E-state index is 13.1. The molecule has 1 unspecified atom stereocenters. The summed E-state index contributed by atoms with van der Waals surface area (Å²) in [7, 11) is 0. The predicted octanol–water partition coefficient (Wildman–Crippen LogP) is 4.98. The quantitative estimate of drug-likeness (QED) is 0.672. The molecule has 114 valence electrons. The average molecular weight is 279 g/mol. The molecule has 1 aromatic rings. The maximum Gasteiger partial charge on any atom is 0.123 e. The van der Waals surface area contributed by atoms with Crippen LogP contribution in [0, 0.1) is 17.7 Å². The molecule has 0 aliphatic rings. The Kier molecular flexibility index (Phi) is 7.83. The van der Waals surface area contributed by atoms with E-state index in [2.05, 4.69) is 33.0 Å². The van der Waals surface area contributed by atoms with Crippen molar-refractivity contribution in [3.8, 4) is 0 Å². The first-order chi connectivity index (χ1) is 9.49. The number of benzene rings is 1. The second kappa shape index (κ2) is 9.12. The molecule has 0 spiro atoms. The van der Waals surface area contributed by atoms with Gasteiger partial charge in [0, 0.05) is 6.54 Å². The largest absolute Gasteiger partial charge is 0.316 e. The van der Waals surface area contributed by atoms with Crippen LogP contribution >= 0.6 is 0 Å². The van der Waals surface area contributed by atoms with E-state index in [0.717, 1.165) is 19.0 Å². The van der Waals surface area contributed by atoms with Crippen molar-refractivity contribution < 1.29 is 4.39 Å². The summed E-state index contributed by atoms with van der Waals surface area (Å²) >= 11 is 0. The van der Waals surface area contributed by atoms with Gasteiger partial charge in [0.05, 0.1) is 0 Å². The maximum absolute atomic E-state index is 13.1. The Bertz CT molecular complexity index is 342. The lowest BCUT2D eigenvalue weighted by Crippen LogP contribution is -2.25. The van der Waals surface area contributed by atoms with Gasteiger partial charge >= 0.3 is 0 Å². The third kappa shape index (κ3) is 7.04. The molecule has 0 saturated heterocycles. The van der Waals surface area contributed by atoms with E-state index in [-0.39, 0.29) is 5.82 Å². The van der Waals surface area contributed by atoms with Gasteiger partial charge in [-0.05, 0) is 48.4 Å².